The molecule has 1 heterocycles. The maximum absolute atomic E-state index is 3.68. The van der Waals surface area contributed by atoms with E-state index in [4.69, 9.17) is 0 Å². The molecular weight excluding hydrogens is 847 g/mol. The van der Waals surface area contributed by atoms with E-state index < -0.39 is 5.41 Å². The molecule has 0 radical (unpaired) electrons. The molecule has 328 valence electrons. The van der Waals surface area contributed by atoms with Crippen LogP contribution >= 0.6 is 0 Å². The summed E-state index contributed by atoms with van der Waals surface area (Å²) in [5, 5.41) is 2.41. The molecule has 1 N–H and O–H groups in total. The minimum atomic E-state index is -0.659. The summed E-state index contributed by atoms with van der Waals surface area (Å²) in [6, 6.07) is 98.4. The summed E-state index contributed by atoms with van der Waals surface area (Å²) in [6.45, 7) is 0. The fourth-order valence-electron chi connectivity index (χ4n) is 11.8. The highest BCUT2D eigenvalue weighted by Gasteiger charge is 2.52. The maximum atomic E-state index is 3.68. The number of nitrogens with zero attached hydrogens (tertiary/aromatic N) is 2. The van der Waals surface area contributed by atoms with Crippen LogP contribution in [0.2, 0.25) is 0 Å². The van der Waals surface area contributed by atoms with Crippen LogP contribution in [0.15, 0.2) is 267 Å². The Kier molecular flexibility index (Phi) is 9.11. The third-order valence-electron chi connectivity index (χ3n) is 14.8. The van der Waals surface area contributed by atoms with Crippen LogP contribution in [0.5, 0.6) is 0 Å². The molecule has 0 bridgehead atoms. The van der Waals surface area contributed by atoms with Gasteiger partial charge in [0.05, 0.1) is 16.8 Å². The van der Waals surface area contributed by atoms with E-state index in [1.54, 1.807) is 0 Å². The van der Waals surface area contributed by atoms with Crippen molar-refractivity contribution in [2.45, 2.75) is 5.41 Å². The van der Waals surface area contributed by atoms with Crippen molar-refractivity contribution < 1.29 is 0 Å². The fourth-order valence-corrected chi connectivity index (χ4v) is 11.8. The Bertz CT molecular complexity index is 3890. The molecule has 11 aromatic carbocycles. The highest BCUT2D eigenvalue weighted by Crippen LogP contribution is 2.65. The largest absolute Gasteiger partial charge is 0.355 e. The molecule has 12 aromatic rings. The lowest BCUT2D eigenvalue weighted by molar-refractivity contribution is 0.793. The van der Waals surface area contributed by atoms with Crippen LogP contribution in [0.4, 0.5) is 34.1 Å². The van der Waals surface area contributed by atoms with Gasteiger partial charge in [0.1, 0.15) is 0 Å². The normalized spacial score (nSPS) is 14.1. The number of anilines is 6. The Morgan fingerprint density at radius 2 is 0.657 bits per heavy atom. The van der Waals surface area contributed by atoms with Crippen molar-refractivity contribution in [1.82, 2.24) is 4.98 Å². The number of nitrogens with one attached hydrogen (secondary N) is 1. The molecule has 0 fully saturated rings. The SMILES string of the molecule is c1ccc(-c2cc3c(cc2N(c2ccccc2)c2ccccc2)C2(c4ccccc4-3)c3ccccc3-c3cc(-c4ccccc4)c(N(c4ccccc4)c4ccc5[nH]c6ccccc6c5c4)cc32)cc1. The summed E-state index contributed by atoms with van der Waals surface area (Å²) in [6.07, 6.45) is 0. The highest BCUT2D eigenvalue weighted by molar-refractivity contribution is 6.09. The van der Waals surface area contributed by atoms with E-state index in [9.17, 15) is 0 Å². The average molecular weight is 892 g/mol. The van der Waals surface area contributed by atoms with E-state index in [1.807, 2.05) is 0 Å². The van der Waals surface area contributed by atoms with Crippen molar-refractivity contribution in [1.29, 1.82) is 0 Å². The van der Waals surface area contributed by atoms with Crippen molar-refractivity contribution in [2.75, 3.05) is 9.80 Å². The number of aromatic amines is 1. The van der Waals surface area contributed by atoms with E-state index >= 15 is 0 Å². The number of H-pyrrole nitrogens is 1. The van der Waals surface area contributed by atoms with Gasteiger partial charge in [-0.1, -0.05) is 182 Å². The molecule has 0 saturated carbocycles. The van der Waals surface area contributed by atoms with Crippen molar-refractivity contribution in [3.05, 3.63) is 289 Å². The summed E-state index contributed by atoms with van der Waals surface area (Å²) >= 11 is 0. The van der Waals surface area contributed by atoms with Gasteiger partial charge < -0.3 is 14.8 Å². The first-order valence-corrected chi connectivity index (χ1v) is 24.2. The van der Waals surface area contributed by atoms with Crippen LogP contribution in [0.25, 0.3) is 66.3 Å². The van der Waals surface area contributed by atoms with Crippen LogP contribution in [0.3, 0.4) is 0 Å². The maximum Gasteiger partial charge on any atom is 0.0727 e. The number of para-hydroxylation sites is 4. The summed E-state index contributed by atoms with van der Waals surface area (Å²) in [5.74, 6) is 0. The Hall–Kier alpha value is -9.18. The zero-order valence-electron chi connectivity index (χ0n) is 38.3. The number of hydrogen-bond donors (Lipinski definition) is 1. The number of fused-ring (bicyclic) bond motifs is 13. The van der Waals surface area contributed by atoms with Crippen LogP contribution in [0.1, 0.15) is 22.3 Å². The molecule has 1 atom stereocenters. The smallest absolute Gasteiger partial charge is 0.0727 e. The molecular formula is C67H45N3. The van der Waals surface area contributed by atoms with Gasteiger partial charge in [0.25, 0.3) is 0 Å². The van der Waals surface area contributed by atoms with E-state index in [1.165, 1.54) is 72.0 Å². The van der Waals surface area contributed by atoms with Gasteiger partial charge in [-0.3, -0.25) is 0 Å². The molecule has 0 amide bonds. The van der Waals surface area contributed by atoms with Crippen LogP contribution in [-0.2, 0) is 5.41 Å². The zero-order valence-corrected chi connectivity index (χ0v) is 38.3. The number of hydrogen-bond acceptors (Lipinski definition) is 2. The van der Waals surface area contributed by atoms with E-state index in [2.05, 4.69) is 282 Å². The first-order valence-electron chi connectivity index (χ1n) is 24.2. The molecule has 3 heteroatoms. The van der Waals surface area contributed by atoms with Crippen molar-refractivity contribution in [2.24, 2.45) is 0 Å². The van der Waals surface area contributed by atoms with E-state index in [0.29, 0.717) is 0 Å². The third kappa shape index (κ3) is 6.01. The zero-order chi connectivity index (χ0) is 46.2. The number of benzene rings is 11. The van der Waals surface area contributed by atoms with Crippen molar-refractivity contribution in [3.63, 3.8) is 0 Å². The quantitative estimate of drug-likeness (QED) is 0.164. The summed E-state index contributed by atoms with van der Waals surface area (Å²) in [4.78, 5) is 8.61. The lowest BCUT2D eigenvalue weighted by Gasteiger charge is -2.34. The van der Waals surface area contributed by atoms with Gasteiger partial charge in [0.15, 0.2) is 0 Å². The van der Waals surface area contributed by atoms with Gasteiger partial charge in [0.2, 0.25) is 0 Å². The second-order valence-electron chi connectivity index (χ2n) is 18.5. The summed E-state index contributed by atoms with van der Waals surface area (Å²) in [5.41, 5.74) is 23.0. The fraction of sp³-hybridized carbons (Fsp3) is 0.0149. The molecule has 0 saturated heterocycles. The Morgan fingerprint density at radius 1 is 0.257 bits per heavy atom. The van der Waals surface area contributed by atoms with Crippen molar-refractivity contribution >= 4 is 55.9 Å². The third-order valence-corrected chi connectivity index (χ3v) is 14.8. The monoisotopic (exact) mass is 891 g/mol. The van der Waals surface area contributed by atoms with E-state index in [-0.39, 0.29) is 0 Å². The molecule has 1 spiro atoms. The molecule has 1 aromatic heterocycles. The molecule has 1 unspecified atom stereocenters. The van der Waals surface area contributed by atoms with Gasteiger partial charge in [-0.05, 0) is 141 Å². The molecule has 14 rings (SSSR count). The first kappa shape index (κ1) is 39.9. The lowest BCUT2D eigenvalue weighted by Crippen LogP contribution is -2.27. The van der Waals surface area contributed by atoms with Crippen LogP contribution < -0.4 is 9.80 Å². The summed E-state index contributed by atoms with van der Waals surface area (Å²) in [7, 11) is 0. The average Bonchev–Trinajstić information content (AvgIpc) is 4.05. The second-order valence-corrected chi connectivity index (χ2v) is 18.5. The molecule has 70 heavy (non-hydrogen) atoms. The number of aromatic nitrogens is 1. The Balaban J connectivity index is 1.11. The van der Waals surface area contributed by atoms with Gasteiger partial charge in [-0.25, -0.2) is 0 Å². The second kappa shape index (κ2) is 16.0. The van der Waals surface area contributed by atoms with Crippen LogP contribution in [-0.4, -0.2) is 4.98 Å². The van der Waals surface area contributed by atoms with E-state index in [0.717, 1.165) is 50.7 Å². The van der Waals surface area contributed by atoms with Gasteiger partial charge >= 0.3 is 0 Å². The topological polar surface area (TPSA) is 22.3 Å². The predicted molar refractivity (Wildman–Crippen MR) is 292 cm³/mol. The summed E-state index contributed by atoms with van der Waals surface area (Å²) < 4.78 is 0. The lowest BCUT2D eigenvalue weighted by atomic mass is 9.70. The minimum Gasteiger partial charge on any atom is -0.355 e. The molecule has 0 aliphatic heterocycles. The predicted octanol–water partition coefficient (Wildman–Crippen LogP) is 17.9. The standard InChI is InChI=1S/C67H45N3/c1-6-22-45(23-7-1)54-41-56-51-32-16-19-35-59(51)67(61(56)43-65(54)69(47-26-10-3-11-27-47)48-28-12-4-13-29-48)60-36-20-17-33-52(60)57-42-55(46-24-8-2-9-25-46)66(44-62(57)67)70(49-30-14-5-15-31-49)50-38-39-64-58(40-50)53-34-18-21-37-63(53)68-64/h1-44,68H. The van der Waals surface area contributed by atoms with Gasteiger partial charge in [-0.2, -0.15) is 0 Å². The minimum absolute atomic E-state index is 0.659. The van der Waals surface area contributed by atoms with Gasteiger partial charge in [-0.15, -0.1) is 0 Å². The molecule has 3 nitrogen and oxygen atoms in total. The highest BCUT2D eigenvalue weighted by atomic mass is 15.2. The van der Waals surface area contributed by atoms with Gasteiger partial charge in [0, 0.05) is 55.7 Å². The van der Waals surface area contributed by atoms with Crippen LogP contribution in [0, 0.1) is 0 Å². The first-order chi connectivity index (χ1) is 34.7. The number of rotatable bonds is 8. The Morgan fingerprint density at radius 3 is 1.16 bits per heavy atom. The molecule has 2 aliphatic rings. The Labute approximate surface area is 407 Å². The molecule has 2 aliphatic carbocycles. The van der Waals surface area contributed by atoms with Crippen molar-refractivity contribution in [3.8, 4) is 44.5 Å².